The van der Waals surface area contributed by atoms with Gasteiger partial charge in [-0.05, 0) is 19.8 Å². The second-order valence-corrected chi connectivity index (χ2v) is 3.35. The molecule has 1 aromatic heterocycles. The largest absolute Gasteiger partial charge is 0.496 e. The summed E-state index contributed by atoms with van der Waals surface area (Å²) in [6.07, 6.45) is 4.48. The summed E-state index contributed by atoms with van der Waals surface area (Å²) in [5, 5.41) is 0. The lowest BCUT2D eigenvalue weighted by molar-refractivity contribution is 0.410. The Labute approximate surface area is 72.6 Å². The lowest BCUT2D eigenvalue weighted by atomic mass is 10.2. The van der Waals surface area contributed by atoms with Crippen LogP contribution in [0, 0.1) is 6.92 Å². The Kier molecular flexibility index (Phi) is 1.75. The van der Waals surface area contributed by atoms with Crippen molar-refractivity contribution in [3.63, 3.8) is 0 Å². The Morgan fingerprint density at radius 2 is 2.25 bits per heavy atom. The van der Waals surface area contributed by atoms with E-state index in [1.54, 1.807) is 7.11 Å². The first-order valence-corrected chi connectivity index (χ1v) is 4.32. The van der Waals surface area contributed by atoms with E-state index in [2.05, 4.69) is 11.1 Å². The third-order valence-corrected chi connectivity index (χ3v) is 2.29. The van der Waals surface area contributed by atoms with E-state index in [1.807, 2.05) is 13.1 Å². The Morgan fingerprint density at radius 3 is 2.83 bits per heavy atom. The van der Waals surface area contributed by atoms with Crippen LogP contribution in [0.4, 0.5) is 0 Å². The summed E-state index contributed by atoms with van der Waals surface area (Å²) in [6, 6.07) is 2.06. The fourth-order valence-corrected chi connectivity index (χ4v) is 1.34. The van der Waals surface area contributed by atoms with E-state index in [9.17, 15) is 0 Å². The average molecular weight is 163 g/mol. The fraction of sp³-hybridized carbons (Fsp3) is 0.500. The number of ether oxygens (including phenoxy) is 1. The molecule has 0 spiro atoms. The monoisotopic (exact) mass is 163 g/mol. The van der Waals surface area contributed by atoms with E-state index in [0.717, 1.165) is 11.3 Å². The summed E-state index contributed by atoms with van der Waals surface area (Å²) in [5.41, 5.74) is 2.30. The standard InChI is InChI=1S/C10H13NO/c1-7-6-11-9(8-3-4-8)5-10(7)12-2/h5-6,8H,3-4H2,1-2H3. The second kappa shape index (κ2) is 2.77. The van der Waals surface area contributed by atoms with Crippen molar-refractivity contribution in [2.24, 2.45) is 0 Å². The van der Waals surface area contributed by atoms with Crippen molar-refractivity contribution in [2.75, 3.05) is 7.11 Å². The number of aromatic nitrogens is 1. The third kappa shape index (κ3) is 1.29. The van der Waals surface area contributed by atoms with E-state index >= 15 is 0 Å². The van der Waals surface area contributed by atoms with Crippen LogP contribution in [0.2, 0.25) is 0 Å². The quantitative estimate of drug-likeness (QED) is 0.667. The number of aryl methyl sites for hydroxylation is 1. The highest BCUT2D eigenvalue weighted by atomic mass is 16.5. The van der Waals surface area contributed by atoms with Crippen molar-refractivity contribution >= 4 is 0 Å². The molecule has 2 heteroatoms. The van der Waals surface area contributed by atoms with E-state index in [-0.39, 0.29) is 0 Å². The molecule has 2 rings (SSSR count). The molecular formula is C10H13NO. The molecule has 64 valence electrons. The fourth-order valence-electron chi connectivity index (χ4n) is 1.34. The van der Waals surface area contributed by atoms with Gasteiger partial charge in [-0.3, -0.25) is 4.98 Å². The SMILES string of the molecule is COc1cc(C2CC2)ncc1C. The highest BCUT2D eigenvalue weighted by molar-refractivity contribution is 5.34. The lowest BCUT2D eigenvalue weighted by Gasteiger charge is -2.05. The molecular weight excluding hydrogens is 150 g/mol. The van der Waals surface area contributed by atoms with E-state index in [1.165, 1.54) is 18.5 Å². The molecule has 0 unspecified atom stereocenters. The number of rotatable bonds is 2. The van der Waals surface area contributed by atoms with Crippen LogP contribution < -0.4 is 4.74 Å². The van der Waals surface area contributed by atoms with Gasteiger partial charge in [-0.25, -0.2) is 0 Å². The van der Waals surface area contributed by atoms with Crippen molar-refractivity contribution in [3.05, 3.63) is 23.5 Å². The molecule has 0 N–H and O–H groups in total. The molecule has 0 radical (unpaired) electrons. The van der Waals surface area contributed by atoms with Crippen LogP contribution in [0.3, 0.4) is 0 Å². The Hall–Kier alpha value is -1.05. The zero-order chi connectivity index (χ0) is 8.55. The van der Waals surface area contributed by atoms with Gasteiger partial charge in [0.05, 0.1) is 7.11 Å². The smallest absolute Gasteiger partial charge is 0.125 e. The molecule has 0 atom stereocenters. The van der Waals surface area contributed by atoms with Crippen LogP contribution >= 0.6 is 0 Å². The maximum atomic E-state index is 5.22. The average Bonchev–Trinajstić information content (AvgIpc) is 2.88. The maximum Gasteiger partial charge on any atom is 0.125 e. The summed E-state index contributed by atoms with van der Waals surface area (Å²) in [6.45, 7) is 2.02. The van der Waals surface area contributed by atoms with Crippen LogP contribution in [0.25, 0.3) is 0 Å². The molecule has 1 heterocycles. The zero-order valence-electron chi connectivity index (χ0n) is 7.50. The van der Waals surface area contributed by atoms with Gasteiger partial charge in [-0.15, -0.1) is 0 Å². The molecule has 12 heavy (non-hydrogen) atoms. The Morgan fingerprint density at radius 1 is 1.50 bits per heavy atom. The topological polar surface area (TPSA) is 22.1 Å². The molecule has 1 aliphatic carbocycles. The van der Waals surface area contributed by atoms with Crippen LogP contribution in [0.15, 0.2) is 12.3 Å². The van der Waals surface area contributed by atoms with Gasteiger partial charge in [-0.2, -0.15) is 0 Å². The predicted molar refractivity (Wildman–Crippen MR) is 47.5 cm³/mol. The lowest BCUT2D eigenvalue weighted by Crippen LogP contribution is -1.92. The predicted octanol–water partition coefficient (Wildman–Crippen LogP) is 2.28. The molecule has 2 nitrogen and oxygen atoms in total. The second-order valence-electron chi connectivity index (χ2n) is 3.35. The molecule has 0 amide bonds. The minimum Gasteiger partial charge on any atom is -0.496 e. The van der Waals surface area contributed by atoms with E-state index < -0.39 is 0 Å². The van der Waals surface area contributed by atoms with Crippen LogP contribution in [-0.2, 0) is 0 Å². The first-order valence-electron chi connectivity index (χ1n) is 4.32. The zero-order valence-corrected chi connectivity index (χ0v) is 7.50. The van der Waals surface area contributed by atoms with Gasteiger partial charge in [0.25, 0.3) is 0 Å². The van der Waals surface area contributed by atoms with Gasteiger partial charge in [-0.1, -0.05) is 0 Å². The maximum absolute atomic E-state index is 5.22. The molecule has 1 aromatic rings. The summed E-state index contributed by atoms with van der Waals surface area (Å²) < 4.78 is 5.22. The van der Waals surface area contributed by atoms with Crippen LogP contribution in [0.5, 0.6) is 5.75 Å². The third-order valence-electron chi connectivity index (χ3n) is 2.29. The highest BCUT2D eigenvalue weighted by Gasteiger charge is 2.25. The summed E-state index contributed by atoms with van der Waals surface area (Å²) in [4.78, 5) is 4.37. The normalized spacial score (nSPS) is 16.2. The molecule has 1 aliphatic rings. The van der Waals surface area contributed by atoms with Crippen molar-refractivity contribution < 1.29 is 4.74 Å². The Balaban J connectivity index is 2.33. The van der Waals surface area contributed by atoms with Crippen molar-refractivity contribution in [2.45, 2.75) is 25.7 Å². The molecule has 0 saturated heterocycles. The van der Waals surface area contributed by atoms with Crippen molar-refractivity contribution in [3.8, 4) is 5.75 Å². The molecule has 0 aromatic carbocycles. The van der Waals surface area contributed by atoms with E-state index in [0.29, 0.717) is 5.92 Å². The van der Waals surface area contributed by atoms with E-state index in [4.69, 9.17) is 4.74 Å². The minimum absolute atomic E-state index is 0.708. The number of hydrogen-bond acceptors (Lipinski definition) is 2. The van der Waals surface area contributed by atoms with Crippen molar-refractivity contribution in [1.82, 2.24) is 4.98 Å². The molecule has 1 fully saturated rings. The molecule has 0 bridgehead atoms. The first-order chi connectivity index (χ1) is 5.81. The summed E-state index contributed by atoms with van der Waals surface area (Å²) in [7, 11) is 1.71. The summed E-state index contributed by atoms with van der Waals surface area (Å²) >= 11 is 0. The van der Waals surface area contributed by atoms with Crippen LogP contribution in [-0.4, -0.2) is 12.1 Å². The van der Waals surface area contributed by atoms with Crippen LogP contribution in [0.1, 0.15) is 30.0 Å². The van der Waals surface area contributed by atoms with Gasteiger partial charge in [0, 0.05) is 29.4 Å². The van der Waals surface area contributed by atoms with Gasteiger partial charge in [0.15, 0.2) is 0 Å². The first kappa shape index (κ1) is 7.59. The summed E-state index contributed by atoms with van der Waals surface area (Å²) in [5.74, 6) is 1.67. The van der Waals surface area contributed by atoms with Gasteiger partial charge < -0.3 is 4.74 Å². The van der Waals surface area contributed by atoms with Crippen molar-refractivity contribution in [1.29, 1.82) is 0 Å². The van der Waals surface area contributed by atoms with Gasteiger partial charge >= 0.3 is 0 Å². The number of hydrogen-bond donors (Lipinski definition) is 0. The molecule has 0 aliphatic heterocycles. The number of pyridine rings is 1. The number of methoxy groups -OCH3 is 1. The molecule has 1 saturated carbocycles. The Bertz CT molecular complexity index is 292. The number of nitrogens with zero attached hydrogens (tertiary/aromatic N) is 1. The highest BCUT2D eigenvalue weighted by Crippen LogP contribution is 2.40. The minimum atomic E-state index is 0.708. The van der Waals surface area contributed by atoms with Gasteiger partial charge in [0.1, 0.15) is 5.75 Å². The van der Waals surface area contributed by atoms with Gasteiger partial charge in [0.2, 0.25) is 0 Å².